The van der Waals surface area contributed by atoms with Crippen molar-refractivity contribution in [1.82, 2.24) is 0 Å². The molecule has 0 fully saturated rings. The van der Waals surface area contributed by atoms with Crippen molar-refractivity contribution in [3.05, 3.63) is 90.0 Å². The fourth-order valence-corrected chi connectivity index (χ4v) is 2.53. The van der Waals surface area contributed by atoms with E-state index in [9.17, 15) is 13.6 Å². The maximum Gasteiger partial charge on any atom is 0.387 e. The van der Waals surface area contributed by atoms with Gasteiger partial charge in [-0.05, 0) is 59.2 Å². The zero-order valence-electron chi connectivity index (χ0n) is 15.1. The average molecular weight is 391 g/mol. The number of alkyl halides is 2. The summed E-state index contributed by atoms with van der Waals surface area (Å²) in [7, 11) is 0. The molecule has 0 saturated carbocycles. The number of esters is 1. The number of carbonyl (C=O) groups excluding carboxylic acids is 1. The first kappa shape index (κ1) is 19.8. The second-order valence-electron chi connectivity index (χ2n) is 5.92. The molecule has 0 amide bonds. The van der Waals surface area contributed by atoms with Crippen molar-refractivity contribution >= 4 is 12.0 Å². The number of rotatable bonds is 6. The molecule has 3 aromatic carbocycles. The smallest absolute Gasteiger partial charge is 0.387 e. The van der Waals surface area contributed by atoms with Gasteiger partial charge in [0.15, 0.2) is 0 Å². The molecule has 29 heavy (non-hydrogen) atoms. The molecule has 0 spiro atoms. The lowest BCUT2D eigenvalue weighted by Gasteiger charge is -2.05. The highest BCUT2D eigenvalue weighted by Crippen LogP contribution is 2.23. The van der Waals surface area contributed by atoms with E-state index in [1.165, 1.54) is 24.3 Å². The second-order valence-corrected chi connectivity index (χ2v) is 5.92. The molecule has 0 unspecified atom stereocenters. The molecular weight excluding hydrogens is 376 g/mol. The standard InChI is InChI=1S/C23H15F2NO3/c24-23(25)29-21-10-3-16(4-11-21)5-14-22(27)28-20-12-8-19(9-13-20)18-6-1-17(15-26)2-7-18/h1-14,23H. The van der Waals surface area contributed by atoms with Gasteiger partial charge < -0.3 is 9.47 Å². The van der Waals surface area contributed by atoms with Gasteiger partial charge in [-0.1, -0.05) is 36.4 Å². The normalized spacial score (nSPS) is 10.7. The fraction of sp³-hybridized carbons (Fsp3) is 0.0435. The van der Waals surface area contributed by atoms with Crippen molar-refractivity contribution in [2.45, 2.75) is 6.61 Å². The van der Waals surface area contributed by atoms with Gasteiger partial charge in [-0.2, -0.15) is 14.0 Å². The van der Waals surface area contributed by atoms with Crippen LogP contribution in [-0.2, 0) is 4.79 Å². The Bertz CT molecular complexity index is 1040. The van der Waals surface area contributed by atoms with Gasteiger partial charge in [0.05, 0.1) is 11.6 Å². The molecule has 0 aliphatic carbocycles. The van der Waals surface area contributed by atoms with Crippen LogP contribution in [0.25, 0.3) is 17.2 Å². The first-order valence-electron chi connectivity index (χ1n) is 8.59. The van der Waals surface area contributed by atoms with Gasteiger partial charge in [0.2, 0.25) is 0 Å². The summed E-state index contributed by atoms with van der Waals surface area (Å²) in [5, 5.41) is 8.84. The van der Waals surface area contributed by atoms with Gasteiger partial charge >= 0.3 is 12.6 Å². The van der Waals surface area contributed by atoms with Crippen LogP contribution in [0.5, 0.6) is 11.5 Å². The Balaban J connectivity index is 1.58. The zero-order chi connectivity index (χ0) is 20.6. The number of hydrogen-bond acceptors (Lipinski definition) is 4. The Morgan fingerprint density at radius 3 is 1.97 bits per heavy atom. The Hall–Kier alpha value is -3.98. The van der Waals surface area contributed by atoms with Crippen LogP contribution in [0.2, 0.25) is 0 Å². The first-order chi connectivity index (χ1) is 14.0. The summed E-state index contributed by atoms with van der Waals surface area (Å²) < 4.78 is 33.8. The number of nitrogens with zero attached hydrogens (tertiary/aromatic N) is 1. The van der Waals surface area contributed by atoms with Crippen molar-refractivity contribution in [2.75, 3.05) is 0 Å². The molecule has 6 heteroatoms. The zero-order valence-corrected chi connectivity index (χ0v) is 15.1. The largest absolute Gasteiger partial charge is 0.435 e. The highest BCUT2D eigenvalue weighted by Gasteiger charge is 2.04. The molecule has 0 aliphatic rings. The van der Waals surface area contributed by atoms with Crippen molar-refractivity contribution in [2.24, 2.45) is 0 Å². The minimum absolute atomic E-state index is 0.0436. The third-order valence-electron chi connectivity index (χ3n) is 3.94. The number of nitriles is 1. The Morgan fingerprint density at radius 2 is 1.41 bits per heavy atom. The quantitative estimate of drug-likeness (QED) is 0.319. The van der Waals surface area contributed by atoms with Crippen molar-refractivity contribution in [3.63, 3.8) is 0 Å². The van der Waals surface area contributed by atoms with E-state index in [1.54, 1.807) is 36.4 Å². The highest BCUT2D eigenvalue weighted by atomic mass is 19.3. The Morgan fingerprint density at radius 1 is 0.862 bits per heavy atom. The molecule has 0 N–H and O–H groups in total. The molecule has 0 saturated heterocycles. The topological polar surface area (TPSA) is 59.3 Å². The number of halogens is 2. The molecule has 0 atom stereocenters. The molecule has 144 valence electrons. The van der Waals surface area contributed by atoms with Crippen LogP contribution in [0.1, 0.15) is 11.1 Å². The van der Waals surface area contributed by atoms with Crippen LogP contribution < -0.4 is 9.47 Å². The lowest BCUT2D eigenvalue weighted by molar-refractivity contribution is -0.128. The number of carbonyl (C=O) groups is 1. The van der Waals surface area contributed by atoms with Gasteiger partial charge in [-0.3, -0.25) is 0 Å². The molecule has 0 aliphatic heterocycles. The van der Waals surface area contributed by atoms with E-state index in [0.29, 0.717) is 16.9 Å². The van der Waals surface area contributed by atoms with E-state index < -0.39 is 12.6 Å². The Labute approximate surface area is 166 Å². The van der Waals surface area contributed by atoms with Crippen LogP contribution in [-0.4, -0.2) is 12.6 Å². The van der Waals surface area contributed by atoms with Crippen LogP contribution >= 0.6 is 0 Å². The van der Waals surface area contributed by atoms with E-state index in [0.717, 1.165) is 11.1 Å². The molecule has 3 rings (SSSR count). The van der Waals surface area contributed by atoms with E-state index >= 15 is 0 Å². The summed E-state index contributed by atoms with van der Waals surface area (Å²) in [6.07, 6.45) is 2.76. The summed E-state index contributed by atoms with van der Waals surface area (Å²) in [4.78, 5) is 12.0. The summed E-state index contributed by atoms with van der Waals surface area (Å²) in [6, 6.07) is 22.1. The molecule has 3 aromatic rings. The maximum absolute atomic E-state index is 12.1. The molecule has 0 radical (unpaired) electrons. The lowest BCUT2D eigenvalue weighted by Crippen LogP contribution is -2.03. The van der Waals surface area contributed by atoms with Crippen molar-refractivity contribution in [1.29, 1.82) is 5.26 Å². The van der Waals surface area contributed by atoms with Crippen LogP contribution in [0.4, 0.5) is 8.78 Å². The van der Waals surface area contributed by atoms with Gasteiger partial charge in [-0.25, -0.2) is 4.79 Å². The maximum atomic E-state index is 12.1. The molecular formula is C23H15F2NO3. The predicted molar refractivity (Wildman–Crippen MR) is 104 cm³/mol. The molecule has 4 nitrogen and oxygen atoms in total. The summed E-state index contributed by atoms with van der Waals surface area (Å²) >= 11 is 0. The van der Waals surface area contributed by atoms with E-state index in [1.807, 2.05) is 24.3 Å². The second kappa shape index (κ2) is 9.29. The van der Waals surface area contributed by atoms with Crippen molar-refractivity contribution in [3.8, 4) is 28.7 Å². The van der Waals surface area contributed by atoms with Crippen LogP contribution in [0, 0.1) is 11.3 Å². The summed E-state index contributed by atoms with van der Waals surface area (Å²) in [5.41, 5.74) is 3.10. The van der Waals surface area contributed by atoms with E-state index in [4.69, 9.17) is 10.00 Å². The monoisotopic (exact) mass is 391 g/mol. The number of benzene rings is 3. The van der Waals surface area contributed by atoms with Gasteiger partial charge in [0.25, 0.3) is 0 Å². The van der Waals surface area contributed by atoms with Crippen LogP contribution in [0.15, 0.2) is 78.9 Å². The molecule has 0 bridgehead atoms. The SMILES string of the molecule is N#Cc1ccc(-c2ccc(OC(=O)C=Cc3ccc(OC(F)F)cc3)cc2)cc1. The summed E-state index contributed by atoms with van der Waals surface area (Å²) in [5.74, 6) is -0.135. The average Bonchev–Trinajstić information content (AvgIpc) is 2.73. The number of hydrogen-bond donors (Lipinski definition) is 0. The Kier molecular flexibility index (Phi) is 6.33. The third-order valence-corrected chi connectivity index (χ3v) is 3.94. The first-order valence-corrected chi connectivity index (χ1v) is 8.59. The molecule has 0 aromatic heterocycles. The predicted octanol–water partition coefficient (Wildman–Crippen LogP) is 5.45. The van der Waals surface area contributed by atoms with Crippen molar-refractivity contribution < 1.29 is 23.0 Å². The minimum Gasteiger partial charge on any atom is -0.435 e. The van der Waals surface area contributed by atoms with Crippen LogP contribution in [0.3, 0.4) is 0 Å². The van der Waals surface area contributed by atoms with Gasteiger partial charge in [0.1, 0.15) is 11.5 Å². The molecule has 0 heterocycles. The number of ether oxygens (including phenoxy) is 2. The summed E-state index contributed by atoms with van der Waals surface area (Å²) in [6.45, 7) is -2.88. The van der Waals surface area contributed by atoms with Gasteiger partial charge in [-0.15, -0.1) is 0 Å². The van der Waals surface area contributed by atoms with E-state index in [-0.39, 0.29) is 5.75 Å². The fourth-order valence-electron chi connectivity index (χ4n) is 2.53. The highest BCUT2D eigenvalue weighted by molar-refractivity contribution is 5.88. The minimum atomic E-state index is -2.88. The lowest BCUT2D eigenvalue weighted by atomic mass is 10.0. The van der Waals surface area contributed by atoms with Gasteiger partial charge in [0, 0.05) is 6.08 Å². The third kappa shape index (κ3) is 5.75. The van der Waals surface area contributed by atoms with E-state index in [2.05, 4.69) is 10.8 Å².